The van der Waals surface area contributed by atoms with Crippen LogP contribution in [0.3, 0.4) is 0 Å². The van der Waals surface area contributed by atoms with Crippen molar-refractivity contribution in [3.8, 4) is 0 Å². The van der Waals surface area contributed by atoms with Gasteiger partial charge in [-0.1, -0.05) is 23.8 Å². The zero-order valence-electron chi connectivity index (χ0n) is 10.6. The minimum absolute atomic E-state index is 0.236. The minimum Gasteiger partial charge on any atom is -0.393 e. The zero-order chi connectivity index (χ0) is 13.7. The summed E-state index contributed by atoms with van der Waals surface area (Å²) in [5.41, 5.74) is 6.09. The van der Waals surface area contributed by atoms with Gasteiger partial charge in [0, 0.05) is 36.1 Å². The summed E-state index contributed by atoms with van der Waals surface area (Å²) in [6, 6.07) is 4.89. The average Bonchev–Trinajstić information content (AvgIpc) is 2.28. The van der Waals surface area contributed by atoms with E-state index in [0.29, 0.717) is 28.5 Å². The molecule has 18 heavy (non-hydrogen) atoms. The number of hydrogen-bond donors (Lipinski definition) is 1. The van der Waals surface area contributed by atoms with Crippen molar-refractivity contribution < 1.29 is 4.39 Å². The van der Waals surface area contributed by atoms with E-state index in [9.17, 15) is 4.39 Å². The molecule has 5 heteroatoms. The number of nitrogens with zero attached hydrogens (tertiary/aromatic N) is 1. The van der Waals surface area contributed by atoms with Crippen molar-refractivity contribution in [3.63, 3.8) is 0 Å². The van der Waals surface area contributed by atoms with Crippen LogP contribution in [0.4, 0.5) is 4.39 Å². The average molecular weight is 289 g/mol. The second-order valence-corrected chi connectivity index (χ2v) is 5.48. The highest BCUT2D eigenvalue weighted by Crippen LogP contribution is 2.18. The Labute approximate surface area is 118 Å². The van der Waals surface area contributed by atoms with E-state index >= 15 is 0 Å². The molecule has 0 saturated carbocycles. The Bertz CT molecular complexity index is 423. The number of nitrogens with two attached hydrogens (primary N) is 1. The smallest absolute Gasteiger partial charge is 0.127 e. The number of hydrogen-bond acceptors (Lipinski definition) is 2. The Balaban J connectivity index is 2.76. The quantitative estimate of drug-likeness (QED) is 0.814. The Kier molecular flexibility index (Phi) is 5.99. The van der Waals surface area contributed by atoms with Crippen molar-refractivity contribution >= 4 is 28.8 Å². The molecule has 0 saturated heterocycles. The molecule has 1 rings (SSSR count). The van der Waals surface area contributed by atoms with E-state index in [4.69, 9.17) is 29.6 Å². The van der Waals surface area contributed by atoms with E-state index in [1.807, 2.05) is 0 Å². The highest BCUT2D eigenvalue weighted by molar-refractivity contribution is 7.80. The standard InChI is InChI=1S/C13H18ClFN2S/c1-9(2)17(6-5-13(16)18)8-10-7-11(14)3-4-12(10)15/h3-4,7,9H,5-6,8H2,1-2H3,(H2,16,18). The minimum atomic E-state index is -0.236. The second-order valence-electron chi connectivity index (χ2n) is 4.52. The van der Waals surface area contributed by atoms with E-state index in [-0.39, 0.29) is 11.9 Å². The first-order valence-electron chi connectivity index (χ1n) is 5.86. The lowest BCUT2D eigenvalue weighted by atomic mass is 10.1. The van der Waals surface area contributed by atoms with E-state index in [1.54, 1.807) is 12.1 Å². The second kappa shape index (κ2) is 7.02. The third-order valence-electron chi connectivity index (χ3n) is 2.76. The van der Waals surface area contributed by atoms with Gasteiger partial charge in [0.15, 0.2) is 0 Å². The summed E-state index contributed by atoms with van der Waals surface area (Å²) in [6.45, 7) is 5.34. The molecule has 100 valence electrons. The third kappa shape index (κ3) is 4.88. The van der Waals surface area contributed by atoms with Crippen LogP contribution in [0.1, 0.15) is 25.8 Å². The van der Waals surface area contributed by atoms with Crippen molar-refractivity contribution in [2.24, 2.45) is 5.73 Å². The maximum atomic E-state index is 13.7. The molecular weight excluding hydrogens is 271 g/mol. The van der Waals surface area contributed by atoms with E-state index < -0.39 is 0 Å². The Morgan fingerprint density at radius 1 is 1.50 bits per heavy atom. The fourth-order valence-corrected chi connectivity index (χ4v) is 1.94. The lowest BCUT2D eigenvalue weighted by molar-refractivity contribution is 0.216. The molecule has 0 aliphatic heterocycles. The van der Waals surface area contributed by atoms with Gasteiger partial charge in [-0.2, -0.15) is 0 Å². The van der Waals surface area contributed by atoms with E-state index in [2.05, 4.69) is 18.7 Å². The zero-order valence-corrected chi connectivity index (χ0v) is 12.2. The van der Waals surface area contributed by atoms with Gasteiger partial charge in [-0.3, -0.25) is 4.90 Å². The normalized spacial score (nSPS) is 11.2. The summed E-state index contributed by atoms with van der Waals surface area (Å²) >= 11 is 10.7. The van der Waals surface area contributed by atoms with E-state index in [1.165, 1.54) is 6.07 Å². The van der Waals surface area contributed by atoms with Crippen LogP contribution in [-0.4, -0.2) is 22.5 Å². The first kappa shape index (κ1) is 15.3. The number of thiocarbonyl (C=S) groups is 1. The van der Waals surface area contributed by atoms with Gasteiger partial charge in [0.1, 0.15) is 5.82 Å². The SMILES string of the molecule is CC(C)N(CCC(N)=S)Cc1cc(Cl)ccc1F. The van der Waals surface area contributed by atoms with Gasteiger partial charge in [0.25, 0.3) is 0 Å². The van der Waals surface area contributed by atoms with Crippen LogP contribution in [0.2, 0.25) is 5.02 Å². The van der Waals surface area contributed by atoms with Gasteiger partial charge in [-0.15, -0.1) is 0 Å². The highest BCUT2D eigenvalue weighted by atomic mass is 35.5. The first-order chi connectivity index (χ1) is 8.40. The molecule has 0 spiro atoms. The van der Waals surface area contributed by atoms with Crippen LogP contribution in [0, 0.1) is 5.82 Å². The molecule has 2 nitrogen and oxygen atoms in total. The van der Waals surface area contributed by atoms with Crippen LogP contribution in [0.15, 0.2) is 18.2 Å². The van der Waals surface area contributed by atoms with Gasteiger partial charge in [0.2, 0.25) is 0 Å². The molecule has 0 heterocycles. The molecule has 2 N–H and O–H groups in total. The fraction of sp³-hybridized carbons (Fsp3) is 0.462. The molecule has 0 bridgehead atoms. The molecule has 0 unspecified atom stereocenters. The summed E-state index contributed by atoms with van der Waals surface area (Å²) in [5.74, 6) is -0.236. The van der Waals surface area contributed by atoms with Crippen molar-refractivity contribution in [2.45, 2.75) is 32.9 Å². The largest absolute Gasteiger partial charge is 0.393 e. The highest BCUT2D eigenvalue weighted by Gasteiger charge is 2.13. The number of benzene rings is 1. The molecule has 0 aromatic heterocycles. The van der Waals surface area contributed by atoms with Gasteiger partial charge in [-0.25, -0.2) is 4.39 Å². The van der Waals surface area contributed by atoms with Crippen molar-refractivity contribution in [1.29, 1.82) is 0 Å². The third-order valence-corrected chi connectivity index (χ3v) is 3.20. The molecule has 0 radical (unpaired) electrons. The number of halogens is 2. The molecule has 0 aliphatic carbocycles. The topological polar surface area (TPSA) is 29.3 Å². The lowest BCUT2D eigenvalue weighted by Crippen LogP contribution is -2.33. The lowest BCUT2D eigenvalue weighted by Gasteiger charge is -2.26. The predicted molar refractivity (Wildman–Crippen MR) is 78.4 cm³/mol. The Morgan fingerprint density at radius 2 is 2.17 bits per heavy atom. The monoisotopic (exact) mass is 288 g/mol. The molecule has 1 aromatic rings. The Morgan fingerprint density at radius 3 is 2.72 bits per heavy atom. The molecule has 0 amide bonds. The maximum absolute atomic E-state index is 13.7. The van der Waals surface area contributed by atoms with Crippen LogP contribution >= 0.6 is 23.8 Å². The molecule has 1 aromatic carbocycles. The summed E-state index contributed by atoms with van der Waals surface area (Å²) in [5, 5.41) is 0.546. The number of rotatable bonds is 6. The fourth-order valence-electron chi connectivity index (χ4n) is 1.66. The van der Waals surface area contributed by atoms with Crippen LogP contribution in [0.5, 0.6) is 0 Å². The van der Waals surface area contributed by atoms with Gasteiger partial charge >= 0.3 is 0 Å². The molecule has 0 aliphatic rings. The van der Waals surface area contributed by atoms with Crippen LogP contribution < -0.4 is 5.73 Å². The summed E-state index contributed by atoms with van der Waals surface area (Å²) in [6.07, 6.45) is 0.635. The molecule has 0 fully saturated rings. The maximum Gasteiger partial charge on any atom is 0.127 e. The Hall–Kier alpha value is -0.710. The van der Waals surface area contributed by atoms with Gasteiger partial charge < -0.3 is 5.73 Å². The summed E-state index contributed by atoms with van der Waals surface area (Å²) in [4.78, 5) is 2.60. The molecule has 0 atom stereocenters. The van der Waals surface area contributed by atoms with Gasteiger partial charge in [0.05, 0.1) is 4.99 Å². The summed E-state index contributed by atoms with van der Waals surface area (Å²) in [7, 11) is 0. The van der Waals surface area contributed by atoms with Crippen LogP contribution in [-0.2, 0) is 6.54 Å². The van der Waals surface area contributed by atoms with E-state index in [0.717, 1.165) is 6.54 Å². The predicted octanol–water partition coefficient (Wildman–Crippen LogP) is 3.37. The summed E-state index contributed by atoms with van der Waals surface area (Å²) < 4.78 is 13.7. The van der Waals surface area contributed by atoms with Crippen molar-refractivity contribution in [3.05, 3.63) is 34.6 Å². The molecular formula is C13H18ClFN2S. The first-order valence-corrected chi connectivity index (χ1v) is 6.65. The van der Waals surface area contributed by atoms with Crippen molar-refractivity contribution in [2.75, 3.05) is 6.54 Å². The van der Waals surface area contributed by atoms with Crippen LogP contribution in [0.25, 0.3) is 0 Å². The van der Waals surface area contributed by atoms with Gasteiger partial charge in [-0.05, 0) is 32.0 Å². The van der Waals surface area contributed by atoms with Crippen molar-refractivity contribution in [1.82, 2.24) is 4.90 Å².